The van der Waals surface area contributed by atoms with Gasteiger partial charge in [0.1, 0.15) is 0 Å². The van der Waals surface area contributed by atoms with Crippen molar-refractivity contribution in [3.8, 4) is 0 Å². The molecule has 0 unspecified atom stereocenters. The molecule has 0 radical (unpaired) electrons. The van der Waals surface area contributed by atoms with Gasteiger partial charge in [-0.05, 0) is 43.4 Å². The van der Waals surface area contributed by atoms with Crippen molar-refractivity contribution in [2.75, 3.05) is 20.3 Å². The Bertz CT molecular complexity index is 580. The lowest BCUT2D eigenvalue weighted by Gasteiger charge is -2.53. The zero-order valence-corrected chi connectivity index (χ0v) is 13.6. The maximum atomic E-state index is 11.5. The Balaban J connectivity index is 1.71. The van der Waals surface area contributed by atoms with E-state index in [0.29, 0.717) is 18.8 Å². The molecule has 0 amide bonds. The lowest BCUT2D eigenvalue weighted by atomic mass is 9.64. The van der Waals surface area contributed by atoms with Crippen LogP contribution >= 0.6 is 0 Å². The summed E-state index contributed by atoms with van der Waals surface area (Å²) in [4.78, 5) is 22.6. The highest BCUT2D eigenvalue weighted by Crippen LogP contribution is 2.53. The van der Waals surface area contributed by atoms with Crippen molar-refractivity contribution in [2.24, 2.45) is 5.41 Å². The van der Waals surface area contributed by atoms with Gasteiger partial charge in [0, 0.05) is 12.3 Å². The highest BCUT2D eigenvalue weighted by molar-refractivity contribution is 5.89. The van der Waals surface area contributed by atoms with Crippen molar-refractivity contribution in [3.63, 3.8) is 0 Å². The molecule has 2 aliphatic heterocycles. The zero-order chi connectivity index (χ0) is 16.5. The second kappa shape index (κ2) is 5.96. The average Bonchev–Trinajstić information content (AvgIpc) is 2.61. The first-order valence-corrected chi connectivity index (χ1v) is 7.95. The first-order chi connectivity index (χ1) is 11.0. The van der Waals surface area contributed by atoms with Crippen molar-refractivity contribution in [2.45, 2.75) is 38.2 Å². The minimum Gasteiger partial charge on any atom is -0.465 e. The third-order valence-corrected chi connectivity index (χ3v) is 5.19. The molecular weight excluding hydrogens is 296 g/mol. The number of carbonyl (C=O) groups excluding carboxylic acids is 2. The van der Waals surface area contributed by atoms with Gasteiger partial charge >= 0.3 is 11.9 Å². The quantitative estimate of drug-likeness (QED) is 0.799. The SMILES string of the molecule is COC(=O)c1ccc(C23CCC(COC(C)=O)(CC2)CO3)cc1. The smallest absolute Gasteiger partial charge is 0.337 e. The van der Waals surface area contributed by atoms with E-state index in [-0.39, 0.29) is 23.0 Å². The van der Waals surface area contributed by atoms with Crippen molar-refractivity contribution < 1.29 is 23.8 Å². The summed E-state index contributed by atoms with van der Waals surface area (Å²) < 4.78 is 16.2. The van der Waals surface area contributed by atoms with Gasteiger partial charge in [-0.25, -0.2) is 4.79 Å². The van der Waals surface area contributed by atoms with Crippen LogP contribution in [0.1, 0.15) is 48.5 Å². The van der Waals surface area contributed by atoms with Crippen LogP contribution in [0.25, 0.3) is 0 Å². The molecule has 1 aliphatic carbocycles. The number of rotatable bonds is 4. The van der Waals surface area contributed by atoms with Gasteiger partial charge in [-0.15, -0.1) is 0 Å². The van der Waals surface area contributed by atoms with Crippen LogP contribution in [0.5, 0.6) is 0 Å². The number of ether oxygens (including phenoxy) is 3. The average molecular weight is 318 g/mol. The van der Waals surface area contributed by atoms with Crippen molar-refractivity contribution >= 4 is 11.9 Å². The molecule has 5 nitrogen and oxygen atoms in total. The molecular formula is C18H22O5. The molecule has 0 aromatic heterocycles. The predicted molar refractivity (Wildman–Crippen MR) is 82.9 cm³/mol. The number of hydrogen-bond donors (Lipinski definition) is 0. The topological polar surface area (TPSA) is 61.8 Å². The summed E-state index contributed by atoms with van der Waals surface area (Å²) in [6.07, 6.45) is 3.79. The molecule has 3 fully saturated rings. The standard InChI is InChI=1S/C18H22O5/c1-13(19)22-11-17-7-9-18(10-8-17,23-12-17)15-5-3-14(4-6-15)16(20)21-2/h3-6H,7-12H2,1-2H3. The van der Waals surface area contributed by atoms with E-state index in [2.05, 4.69) is 0 Å². The molecule has 1 saturated carbocycles. The highest BCUT2D eigenvalue weighted by atomic mass is 16.5. The van der Waals surface area contributed by atoms with E-state index < -0.39 is 0 Å². The maximum Gasteiger partial charge on any atom is 0.337 e. The summed E-state index contributed by atoms with van der Waals surface area (Å²) in [5.74, 6) is -0.567. The van der Waals surface area contributed by atoms with E-state index in [4.69, 9.17) is 14.2 Å². The van der Waals surface area contributed by atoms with Crippen molar-refractivity contribution in [3.05, 3.63) is 35.4 Å². The molecule has 1 aromatic carbocycles. The van der Waals surface area contributed by atoms with Gasteiger partial charge in [-0.3, -0.25) is 4.79 Å². The summed E-state index contributed by atoms with van der Waals surface area (Å²) in [6.45, 7) is 2.50. The number of carbonyl (C=O) groups is 2. The fourth-order valence-electron chi connectivity index (χ4n) is 3.60. The van der Waals surface area contributed by atoms with Crippen LogP contribution in [-0.2, 0) is 24.6 Å². The van der Waals surface area contributed by atoms with Crippen molar-refractivity contribution in [1.29, 1.82) is 0 Å². The van der Waals surface area contributed by atoms with Crippen molar-refractivity contribution in [1.82, 2.24) is 0 Å². The third-order valence-electron chi connectivity index (χ3n) is 5.19. The Kier molecular flexibility index (Phi) is 4.15. The monoisotopic (exact) mass is 318 g/mol. The van der Waals surface area contributed by atoms with E-state index in [1.54, 1.807) is 12.1 Å². The number of fused-ring (bicyclic) bond motifs is 3. The summed E-state index contributed by atoms with van der Waals surface area (Å²) >= 11 is 0. The lowest BCUT2D eigenvalue weighted by Crippen LogP contribution is -2.51. The number of benzene rings is 1. The van der Waals surface area contributed by atoms with Gasteiger partial charge in [0.25, 0.3) is 0 Å². The molecule has 3 aliphatic rings. The Morgan fingerprint density at radius 2 is 1.78 bits per heavy atom. The number of methoxy groups -OCH3 is 1. The maximum absolute atomic E-state index is 11.5. The molecule has 2 bridgehead atoms. The van der Waals surface area contributed by atoms with Crippen LogP contribution in [-0.4, -0.2) is 32.3 Å². The van der Waals surface area contributed by atoms with Gasteiger partial charge in [0.2, 0.25) is 0 Å². The molecule has 4 rings (SSSR count). The minimum atomic E-state index is -0.331. The van der Waals surface area contributed by atoms with Crippen LogP contribution in [0.3, 0.4) is 0 Å². The lowest BCUT2D eigenvalue weighted by molar-refractivity contribution is -0.205. The fraction of sp³-hybridized carbons (Fsp3) is 0.556. The molecule has 0 spiro atoms. The van der Waals surface area contributed by atoms with Gasteiger partial charge in [-0.1, -0.05) is 12.1 Å². The first kappa shape index (κ1) is 16.0. The molecule has 2 heterocycles. The second-order valence-corrected chi connectivity index (χ2v) is 6.63. The Hall–Kier alpha value is -1.88. The van der Waals surface area contributed by atoms with Crippen LogP contribution < -0.4 is 0 Å². The molecule has 0 N–H and O–H groups in total. The van der Waals surface area contributed by atoms with Crippen LogP contribution in [0.2, 0.25) is 0 Å². The van der Waals surface area contributed by atoms with Gasteiger partial charge in [0.05, 0.1) is 31.5 Å². The van der Waals surface area contributed by atoms with Gasteiger partial charge in [0.15, 0.2) is 0 Å². The molecule has 1 aromatic rings. The highest BCUT2D eigenvalue weighted by Gasteiger charge is 2.51. The van der Waals surface area contributed by atoms with E-state index >= 15 is 0 Å². The van der Waals surface area contributed by atoms with Crippen LogP contribution in [0.15, 0.2) is 24.3 Å². The molecule has 0 atom stereocenters. The summed E-state index contributed by atoms with van der Waals surface area (Å²) in [7, 11) is 1.38. The van der Waals surface area contributed by atoms with E-state index in [1.807, 2.05) is 12.1 Å². The Morgan fingerprint density at radius 1 is 1.13 bits per heavy atom. The Labute approximate surface area is 135 Å². The summed E-state index contributed by atoms with van der Waals surface area (Å²) in [5.41, 5.74) is 1.35. The van der Waals surface area contributed by atoms with E-state index in [9.17, 15) is 9.59 Å². The first-order valence-electron chi connectivity index (χ1n) is 7.95. The largest absolute Gasteiger partial charge is 0.465 e. The second-order valence-electron chi connectivity index (χ2n) is 6.63. The van der Waals surface area contributed by atoms with Gasteiger partial charge < -0.3 is 14.2 Å². The fourth-order valence-corrected chi connectivity index (χ4v) is 3.60. The normalized spacial score (nSPS) is 29.1. The third kappa shape index (κ3) is 2.98. The predicted octanol–water partition coefficient (Wildman–Crippen LogP) is 2.82. The summed E-state index contributed by atoms with van der Waals surface area (Å²) in [6, 6.07) is 7.48. The molecule has 2 saturated heterocycles. The zero-order valence-electron chi connectivity index (χ0n) is 13.6. The summed E-state index contributed by atoms with van der Waals surface area (Å²) in [5, 5.41) is 0. The molecule has 23 heavy (non-hydrogen) atoms. The minimum absolute atomic E-state index is 0.0284. The molecule has 124 valence electrons. The van der Waals surface area contributed by atoms with Crippen LogP contribution in [0, 0.1) is 5.41 Å². The Morgan fingerprint density at radius 3 is 2.26 bits per heavy atom. The van der Waals surface area contributed by atoms with Gasteiger partial charge in [-0.2, -0.15) is 0 Å². The number of hydrogen-bond acceptors (Lipinski definition) is 5. The van der Waals surface area contributed by atoms with Crippen LogP contribution in [0.4, 0.5) is 0 Å². The van der Waals surface area contributed by atoms with E-state index in [0.717, 1.165) is 31.2 Å². The molecule has 5 heteroatoms. The number of esters is 2. The van der Waals surface area contributed by atoms with E-state index in [1.165, 1.54) is 14.0 Å².